The molecule has 3 rings (SSSR count). The monoisotopic (exact) mass is 459 g/mol. The molecule has 2 aromatic carbocycles. The second-order valence-corrected chi connectivity index (χ2v) is 8.10. The van der Waals surface area contributed by atoms with Gasteiger partial charge in [0.15, 0.2) is 6.61 Å². The molecule has 1 N–H and O–H groups in total. The summed E-state index contributed by atoms with van der Waals surface area (Å²) in [6.45, 7) is 1.95. The number of halogens is 1. The number of esters is 1. The fourth-order valence-electron chi connectivity index (χ4n) is 3.40. The lowest BCUT2D eigenvalue weighted by atomic mass is 9.98. The maximum atomic E-state index is 12.3. The summed E-state index contributed by atoms with van der Waals surface area (Å²) in [6.07, 6.45) is 6.17. The van der Waals surface area contributed by atoms with Gasteiger partial charge in [0.2, 0.25) is 0 Å². The molecule has 0 radical (unpaired) electrons. The van der Waals surface area contributed by atoms with Crippen molar-refractivity contribution in [2.24, 2.45) is 0 Å². The number of carbonyl (C=O) groups is 2. The fourth-order valence-corrected chi connectivity index (χ4v) is 3.81. The first kappa shape index (κ1) is 21.4. The predicted octanol–water partition coefficient (Wildman–Crippen LogP) is 5.52. The molecule has 0 saturated heterocycles. The van der Waals surface area contributed by atoms with Crippen molar-refractivity contribution in [2.45, 2.75) is 51.6 Å². The van der Waals surface area contributed by atoms with Gasteiger partial charge in [-0.15, -0.1) is 0 Å². The molecule has 0 heterocycles. The fraction of sp³-hybridized carbons (Fsp3) is 0.391. The third-order valence-electron chi connectivity index (χ3n) is 4.99. The quantitative estimate of drug-likeness (QED) is 0.553. The smallest absolute Gasteiger partial charge is 0.338 e. The van der Waals surface area contributed by atoms with Gasteiger partial charge in [-0.2, -0.15) is 0 Å². The van der Waals surface area contributed by atoms with Crippen LogP contribution in [0.5, 0.6) is 5.75 Å². The average molecular weight is 460 g/mol. The van der Waals surface area contributed by atoms with Crippen molar-refractivity contribution in [3.63, 3.8) is 0 Å². The molecule has 0 aromatic heterocycles. The third-order valence-corrected chi connectivity index (χ3v) is 5.49. The van der Waals surface area contributed by atoms with E-state index in [1.807, 2.05) is 25.1 Å². The van der Waals surface area contributed by atoms with Crippen LogP contribution in [0.25, 0.3) is 0 Å². The molecular formula is C23H26BrNO4. The molecule has 5 nitrogen and oxygen atoms in total. The number of carbonyl (C=O) groups excluding carboxylic acids is 2. The first-order valence-corrected chi connectivity index (χ1v) is 10.9. The minimum Gasteiger partial charge on any atom is -0.483 e. The van der Waals surface area contributed by atoms with Crippen LogP contribution in [0.4, 0.5) is 5.69 Å². The van der Waals surface area contributed by atoms with Crippen molar-refractivity contribution in [3.05, 3.63) is 58.1 Å². The maximum absolute atomic E-state index is 12.3. The summed E-state index contributed by atoms with van der Waals surface area (Å²) in [6, 6.07) is 12.5. The van der Waals surface area contributed by atoms with E-state index in [1.54, 1.807) is 24.3 Å². The lowest BCUT2D eigenvalue weighted by Gasteiger charge is -2.21. The van der Waals surface area contributed by atoms with Crippen LogP contribution >= 0.6 is 15.9 Å². The van der Waals surface area contributed by atoms with Gasteiger partial charge < -0.3 is 14.8 Å². The van der Waals surface area contributed by atoms with Crippen LogP contribution in [0, 0.1) is 0 Å². The Balaban J connectivity index is 1.50. The Bertz CT molecular complexity index is 844. The molecule has 0 bridgehead atoms. The Morgan fingerprint density at radius 3 is 2.48 bits per heavy atom. The molecule has 1 amide bonds. The lowest BCUT2D eigenvalue weighted by Crippen LogP contribution is -2.21. The molecule has 0 spiro atoms. The minimum atomic E-state index is -0.305. The van der Waals surface area contributed by atoms with Gasteiger partial charge in [-0.25, -0.2) is 4.79 Å². The van der Waals surface area contributed by atoms with Crippen LogP contribution in [-0.4, -0.2) is 24.6 Å². The van der Waals surface area contributed by atoms with E-state index in [-0.39, 0.29) is 24.6 Å². The van der Waals surface area contributed by atoms with E-state index in [0.717, 1.165) is 42.1 Å². The van der Waals surface area contributed by atoms with E-state index in [1.165, 1.54) is 6.42 Å². The van der Waals surface area contributed by atoms with Crippen molar-refractivity contribution in [1.29, 1.82) is 0 Å². The molecule has 6 heteroatoms. The molecule has 29 heavy (non-hydrogen) atoms. The summed E-state index contributed by atoms with van der Waals surface area (Å²) < 4.78 is 12.2. The number of rotatable bonds is 7. The normalized spacial score (nSPS) is 14.3. The number of benzene rings is 2. The Morgan fingerprint density at radius 1 is 1.07 bits per heavy atom. The van der Waals surface area contributed by atoms with Gasteiger partial charge in [-0.05, 0) is 80.1 Å². The van der Waals surface area contributed by atoms with Gasteiger partial charge in [0.05, 0.1) is 5.56 Å². The molecule has 1 saturated carbocycles. The molecule has 0 unspecified atom stereocenters. The van der Waals surface area contributed by atoms with Gasteiger partial charge in [0, 0.05) is 10.2 Å². The number of anilines is 1. The number of hydrogen-bond acceptors (Lipinski definition) is 4. The molecule has 1 aliphatic carbocycles. The number of amides is 1. The Morgan fingerprint density at radius 2 is 1.79 bits per heavy atom. The van der Waals surface area contributed by atoms with Crippen LogP contribution in [0.3, 0.4) is 0 Å². The molecule has 0 aliphatic heterocycles. The van der Waals surface area contributed by atoms with Gasteiger partial charge in [0.25, 0.3) is 5.91 Å². The van der Waals surface area contributed by atoms with E-state index in [9.17, 15) is 9.59 Å². The predicted molar refractivity (Wildman–Crippen MR) is 116 cm³/mol. The van der Waals surface area contributed by atoms with E-state index >= 15 is 0 Å². The molecule has 0 atom stereocenters. The summed E-state index contributed by atoms with van der Waals surface area (Å²) in [4.78, 5) is 24.5. The van der Waals surface area contributed by atoms with Crippen LogP contribution in [0.1, 0.15) is 54.9 Å². The highest BCUT2D eigenvalue weighted by Gasteiger charge is 2.18. The summed E-state index contributed by atoms with van der Waals surface area (Å²) in [5, 5.41) is 2.78. The topological polar surface area (TPSA) is 64.6 Å². The highest BCUT2D eigenvalue weighted by molar-refractivity contribution is 9.10. The van der Waals surface area contributed by atoms with Gasteiger partial charge in [-0.3, -0.25) is 4.79 Å². The summed E-state index contributed by atoms with van der Waals surface area (Å²) in [7, 11) is 0. The number of hydrogen-bond donors (Lipinski definition) is 1. The Labute approximate surface area is 179 Å². The van der Waals surface area contributed by atoms with E-state index in [2.05, 4.69) is 21.2 Å². The lowest BCUT2D eigenvalue weighted by molar-refractivity contribution is -0.118. The zero-order valence-corrected chi connectivity index (χ0v) is 18.2. The van der Waals surface area contributed by atoms with E-state index in [0.29, 0.717) is 17.0 Å². The first-order chi connectivity index (χ1) is 14.0. The molecule has 154 valence electrons. The van der Waals surface area contributed by atoms with Crippen molar-refractivity contribution >= 4 is 33.5 Å². The summed E-state index contributed by atoms with van der Waals surface area (Å²) in [5.74, 6) is 0.139. The number of nitrogens with one attached hydrogen (secondary N) is 1. The highest BCUT2D eigenvalue weighted by Crippen LogP contribution is 2.24. The van der Waals surface area contributed by atoms with Crippen molar-refractivity contribution < 1.29 is 19.1 Å². The molecule has 2 aromatic rings. The second kappa shape index (κ2) is 10.4. The van der Waals surface area contributed by atoms with Gasteiger partial charge in [0.1, 0.15) is 11.9 Å². The van der Waals surface area contributed by atoms with Crippen molar-refractivity contribution in [2.75, 3.05) is 11.9 Å². The number of ether oxygens (including phenoxy) is 2. The third kappa shape index (κ3) is 6.32. The molecule has 1 fully saturated rings. The zero-order valence-electron chi connectivity index (χ0n) is 16.6. The largest absolute Gasteiger partial charge is 0.483 e. The Kier molecular flexibility index (Phi) is 7.69. The molecule has 1 aliphatic rings. The summed E-state index contributed by atoms with van der Waals surface area (Å²) >= 11 is 3.44. The van der Waals surface area contributed by atoms with Gasteiger partial charge in [-0.1, -0.05) is 29.3 Å². The van der Waals surface area contributed by atoms with Crippen LogP contribution < -0.4 is 10.1 Å². The average Bonchev–Trinajstić information content (AvgIpc) is 2.74. The van der Waals surface area contributed by atoms with Crippen molar-refractivity contribution in [1.82, 2.24) is 0 Å². The van der Waals surface area contributed by atoms with Crippen LogP contribution in [0.15, 0.2) is 46.9 Å². The SMILES string of the molecule is CCc1cc(Br)ccc1OCC(=O)Nc1ccc(C(=O)OC2CCCCC2)cc1. The van der Waals surface area contributed by atoms with Gasteiger partial charge >= 0.3 is 5.97 Å². The summed E-state index contributed by atoms with van der Waals surface area (Å²) in [5.41, 5.74) is 2.14. The number of aryl methyl sites for hydroxylation is 1. The standard InChI is InChI=1S/C23H26BrNO4/c1-2-16-14-18(24)10-13-21(16)28-15-22(26)25-19-11-8-17(9-12-19)23(27)29-20-6-4-3-5-7-20/h8-14,20H,2-7,15H2,1H3,(H,25,26). The first-order valence-electron chi connectivity index (χ1n) is 10.1. The van der Waals surface area contributed by atoms with E-state index in [4.69, 9.17) is 9.47 Å². The zero-order chi connectivity index (χ0) is 20.6. The van der Waals surface area contributed by atoms with Crippen LogP contribution in [-0.2, 0) is 16.0 Å². The maximum Gasteiger partial charge on any atom is 0.338 e. The Hall–Kier alpha value is -2.34. The second-order valence-electron chi connectivity index (χ2n) is 7.19. The minimum absolute atomic E-state index is 0.0272. The van der Waals surface area contributed by atoms with Crippen LogP contribution in [0.2, 0.25) is 0 Å². The highest BCUT2D eigenvalue weighted by atomic mass is 79.9. The van der Waals surface area contributed by atoms with E-state index < -0.39 is 0 Å². The van der Waals surface area contributed by atoms with Crippen molar-refractivity contribution in [3.8, 4) is 5.75 Å². The molecular weight excluding hydrogens is 434 g/mol.